The first kappa shape index (κ1) is 20.5. The molecule has 1 aromatic heterocycles. The van der Waals surface area contributed by atoms with E-state index in [1.165, 1.54) is 4.31 Å². The predicted molar refractivity (Wildman–Crippen MR) is 131 cm³/mol. The molecule has 0 aliphatic carbocycles. The van der Waals surface area contributed by atoms with Gasteiger partial charge in [-0.1, -0.05) is 75.4 Å². The summed E-state index contributed by atoms with van der Waals surface area (Å²) in [6.07, 6.45) is 3.67. The Morgan fingerprint density at radius 3 is 2.34 bits per heavy atom. The summed E-state index contributed by atoms with van der Waals surface area (Å²) in [4.78, 5) is 4.82. The normalized spacial score (nSPS) is 15.3. The highest BCUT2D eigenvalue weighted by atomic mass is 32.2. The molecule has 32 heavy (non-hydrogen) atoms. The third kappa shape index (κ3) is 3.30. The molecule has 4 nitrogen and oxygen atoms in total. The van der Waals surface area contributed by atoms with Crippen LogP contribution in [-0.4, -0.2) is 13.4 Å². The Balaban J connectivity index is 1.83. The number of rotatable bonds is 2. The SMILES string of the molecule is CC(C)(C)c1ccc2c(c1)C=C(c1ccccc1)N(c1cccc3cccnc13)S2(=O)=O. The molecule has 5 heteroatoms. The van der Waals surface area contributed by atoms with Crippen molar-refractivity contribution in [2.45, 2.75) is 31.1 Å². The monoisotopic (exact) mass is 440 g/mol. The van der Waals surface area contributed by atoms with E-state index in [2.05, 4.69) is 25.8 Å². The van der Waals surface area contributed by atoms with Crippen LogP contribution in [0.3, 0.4) is 0 Å². The molecule has 0 bridgehead atoms. The van der Waals surface area contributed by atoms with E-state index in [0.29, 0.717) is 27.4 Å². The van der Waals surface area contributed by atoms with Crippen molar-refractivity contribution < 1.29 is 8.42 Å². The van der Waals surface area contributed by atoms with E-state index in [1.807, 2.05) is 78.9 Å². The Labute approximate surface area is 188 Å². The van der Waals surface area contributed by atoms with Gasteiger partial charge in [0.15, 0.2) is 0 Å². The van der Waals surface area contributed by atoms with Crippen LogP contribution in [-0.2, 0) is 15.4 Å². The fourth-order valence-electron chi connectivity index (χ4n) is 4.12. The van der Waals surface area contributed by atoms with Crippen molar-refractivity contribution in [2.24, 2.45) is 0 Å². The summed E-state index contributed by atoms with van der Waals surface area (Å²) >= 11 is 0. The summed E-state index contributed by atoms with van der Waals surface area (Å²) in [6, 6.07) is 24.7. The number of hydrogen-bond donors (Lipinski definition) is 0. The molecule has 0 saturated heterocycles. The van der Waals surface area contributed by atoms with Gasteiger partial charge >= 0.3 is 0 Å². The topological polar surface area (TPSA) is 50.3 Å². The van der Waals surface area contributed by atoms with Crippen LogP contribution in [0.5, 0.6) is 0 Å². The smallest absolute Gasteiger partial charge is 0.254 e. The fraction of sp³-hybridized carbons (Fsp3) is 0.148. The van der Waals surface area contributed by atoms with Gasteiger partial charge in [-0.05, 0) is 52.4 Å². The van der Waals surface area contributed by atoms with E-state index in [9.17, 15) is 8.42 Å². The number of aromatic nitrogens is 1. The molecule has 0 saturated carbocycles. The van der Waals surface area contributed by atoms with Gasteiger partial charge in [0.2, 0.25) is 0 Å². The Morgan fingerprint density at radius 2 is 1.59 bits per heavy atom. The minimum atomic E-state index is -3.86. The molecule has 0 amide bonds. The summed E-state index contributed by atoms with van der Waals surface area (Å²) in [5, 5.41) is 0.890. The summed E-state index contributed by atoms with van der Waals surface area (Å²) in [5.41, 5.74) is 4.35. The van der Waals surface area contributed by atoms with Gasteiger partial charge in [-0.3, -0.25) is 4.98 Å². The van der Waals surface area contributed by atoms with Crippen LogP contribution in [0.4, 0.5) is 5.69 Å². The van der Waals surface area contributed by atoms with Crippen molar-refractivity contribution in [3.05, 3.63) is 102 Å². The number of benzene rings is 3. The number of pyridine rings is 1. The highest BCUT2D eigenvalue weighted by molar-refractivity contribution is 7.93. The largest absolute Gasteiger partial charge is 0.269 e. The second kappa shape index (κ2) is 7.31. The number of nitrogens with zero attached hydrogens (tertiary/aromatic N) is 2. The lowest BCUT2D eigenvalue weighted by molar-refractivity contribution is 0.585. The zero-order chi connectivity index (χ0) is 22.5. The Hall–Kier alpha value is -3.44. The quantitative estimate of drug-likeness (QED) is 0.371. The average molecular weight is 441 g/mol. The van der Waals surface area contributed by atoms with Gasteiger partial charge in [-0.2, -0.15) is 0 Å². The standard InChI is InChI=1S/C27H24N2O2S/c1-27(2,3)22-14-15-25-21(17-22)18-24(19-9-5-4-6-10-19)29(32(25,30)31)23-13-7-11-20-12-8-16-28-26(20)23/h4-18H,1-3H3. The van der Waals surface area contributed by atoms with Gasteiger partial charge in [-0.25, -0.2) is 12.7 Å². The minimum absolute atomic E-state index is 0.0871. The lowest BCUT2D eigenvalue weighted by Crippen LogP contribution is -2.33. The first-order valence-corrected chi connectivity index (χ1v) is 12.0. The molecule has 1 aliphatic rings. The number of anilines is 1. The van der Waals surface area contributed by atoms with Gasteiger partial charge in [0.1, 0.15) is 0 Å². The lowest BCUT2D eigenvalue weighted by atomic mass is 9.86. The van der Waals surface area contributed by atoms with E-state index < -0.39 is 10.0 Å². The van der Waals surface area contributed by atoms with Crippen LogP contribution in [0.1, 0.15) is 37.5 Å². The number of hydrogen-bond acceptors (Lipinski definition) is 3. The summed E-state index contributed by atoms with van der Waals surface area (Å²) < 4.78 is 29.5. The number of para-hydroxylation sites is 1. The molecule has 3 aromatic carbocycles. The van der Waals surface area contributed by atoms with Crippen LogP contribution in [0.25, 0.3) is 22.7 Å². The molecule has 1 aliphatic heterocycles. The van der Waals surface area contributed by atoms with Gasteiger partial charge in [0.25, 0.3) is 10.0 Å². The second-order valence-electron chi connectivity index (χ2n) is 9.02. The van der Waals surface area contributed by atoms with Crippen LogP contribution in [0.15, 0.2) is 90.0 Å². The molecule has 0 N–H and O–H groups in total. The molecule has 2 heterocycles. The molecule has 160 valence electrons. The maximum absolute atomic E-state index is 14.1. The van der Waals surface area contributed by atoms with Crippen molar-refractivity contribution in [1.82, 2.24) is 4.98 Å². The van der Waals surface area contributed by atoms with E-state index in [-0.39, 0.29) is 5.41 Å². The summed E-state index contributed by atoms with van der Waals surface area (Å²) in [6.45, 7) is 6.38. The molecule has 0 atom stereocenters. The van der Waals surface area contributed by atoms with Crippen molar-refractivity contribution >= 4 is 38.4 Å². The Bertz CT molecular complexity index is 1460. The molecule has 0 fully saturated rings. The van der Waals surface area contributed by atoms with Crippen molar-refractivity contribution in [2.75, 3.05) is 4.31 Å². The van der Waals surface area contributed by atoms with Crippen LogP contribution >= 0.6 is 0 Å². The van der Waals surface area contributed by atoms with E-state index in [0.717, 1.165) is 16.5 Å². The first-order chi connectivity index (χ1) is 15.3. The third-order valence-electron chi connectivity index (χ3n) is 5.80. The van der Waals surface area contributed by atoms with Gasteiger partial charge in [0.05, 0.1) is 21.8 Å². The van der Waals surface area contributed by atoms with Crippen molar-refractivity contribution in [3.63, 3.8) is 0 Å². The first-order valence-electron chi connectivity index (χ1n) is 10.6. The van der Waals surface area contributed by atoms with Gasteiger partial charge in [-0.15, -0.1) is 0 Å². The molecule has 4 aromatic rings. The van der Waals surface area contributed by atoms with Gasteiger partial charge in [0, 0.05) is 11.6 Å². The van der Waals surface area contributed by atoms with E-state index in [1.54, 1.807) is 12.3 Å². The van der Waals surface area contributed by atoms with Crippen LogP contribution < -0.4 is 4.31 Å². The highest BCUT2D eigenvalue weighted by Gasteiger charge is 2.36. The van der Waals surface area contributed by atoms with Crippen molar-refractivity contribution in [1.29, 1.82) is 0 Å². The molecule has 0 spiro atoms. The number of fused-ring (bicyclic) bond motifs is 2. The zero-order valence-electron chi connectivity index (χ0n) is 18.3. The fourth-order valence-corrected chi connectivity index (χ4v) is 5.79. The molecule has 0 radical (unpaired) electrons. The van der Waals surface area contributed by atoms with Gasteiger partial charge < -0.3 is 0 Å². The maximum atomic E-state index is 14.1. The van der Waals surface area contributed by atoms with E-state index >= 15 is 0 Å². The number of sulfonamides is 1. The Morgan fingerprint density at radius 1 is 0.844 bits per heavy atom. The molecular formula is C27H24N2O2S. The second-order valence-corrected chi connectivity index (χ2v) is 10.8. The maximum Gasteiger partial charge on any atom is 0.269 e. The van der Waals surface area contributed by atoms with Crippen LogP contribution in [0, 0.1) is 0 Å². The average Bonchev–Trinajstić information content (AvgIpc) is 2.78. The third-order valence-corrected chi connectivity index (χ3v) is 7.61. The van der Waals surface area contributed by atoms with Crippen LogP contribution in [0.2, 0.25) is 0 Å². The Kier molecular flexibility index (Phi) is 4.68. The van der Waals surface area contributed by atoms with E-state index in [4.69, 9.17) is 0 Å². The van der Waals surface area contributed by atoms with Crippen molar-refractivity contribution in [3.8, 4) is 0 Å². The predicted octanol–water partition coefficient (Wildman–Crippen LogP) is 6.24. The molecule has 0 unspecified atom stereocenters. The molecule has 5 rings (SSSR count). The molecular weight excluding hydrogens is 416 g/mol. The zero-order valence-corrected chi connectivity index (χ0v) is 19.1. The summed E-state index contributed by atoms with van der Waals surface area (Å²) in [5.74, 6) is 0. The minimum Gasteiger partial charge on any atom is -0.254 e. The highest BCUT2D eigenvalue weighted by Crippen LogP contribution is 2.42. The lowest BCUT2D eigenvalue weighted by Gasteiger charge is -2.32. The summed E-state index contributed by atoms with van der Waals surface area (Å²) in [7, 11) is -3.86.